The maximum Gasteiger partial charge on any atom is 0.327 e. The van der Waals surface area contributed by atoms with Crippen molar-refractivity contribution < 1.29 is 99.9 Å². The van der Waals surface area contributed by atoms with Gasteiger partial charge in [-0.1, -0.05) is 137 Å². The molecule has 0 rings (SSSR count). The SMILES string of the molecule is CCCCC(CC)COP=O.CCCCCCCCCCO[PH](=O)CCCCCCCCCC.[Nd].[Nd]. The van der Waals surface area contributed by atoms with Gasteiger partial charge in [0.1, 0.15) is 0 Å². The van der Waals surface area contributed by atoms with Crippen LogP contribution >= 0.6 is 16.7 Å². The minimum Gasteiger partial charge on any atom is -0.330 e. The molecule has 36 heavy (non-hydrogen) atoms. The minimum atomic E-state index is -1.74. The Kier molecular flexibility index (Phi) is 54.1. The quantitative estimate of drug-likeness (QED) is 0.0645. The Labute approximate surface area is 294 Å². The molecule has 0 aromatic heterocycles. The molecule has 214 valence electrons. The van der Waals surface area contributed by atoms with Gasteiger partial charge in [-0.3, -0.25) is 9.09 Å². The van der Waals surface area contributed by atoms with E-state index in [1.54, 1.807) is 0 Å². The normalized spacial score (nSPS) is 12.2. The Bertz CT molecular complexity index is 419. The summed E-state index contributed by atoms with van der Waals surface area (Å²) in [5.41, 5.74) is 0. The molecule has 0 amide bonds. The van der Waals surface area contributed by atoms with E-state index >= 15 is 0 Å². The molecule has 0 saturated heterocycles. The van der Waals surface area contributed by atoms with Gasteiger partial charge in [0.05, 0.1) is 13.2 Å². The molecule has 0 spiro atoms. The summed E-state index contributed by atoms with van der Waals surface area (Å²) < 4.78 is 32.1. The van der Waals surface area contributed by atoms with Crippen molar-refractivity contribution >= 4 is 16.7 Å². The van der Waals surface area contributed by atoms with Crippen LogP contribution in [0.15, 0.2) is 0 Å². The second-order valence-corrected chi connectivity index (χ2v) is 11.6. The monoisotopic (exact) mass is 806 g/mol. The van der Waals surface area contributed by atoms with Crippen molar-refractivity contribution in [3.8, 4) is 0 Å². The van der Waals surface area contributed by atoms with E-state index in [1.807, 2.05) is 0 Å². The molecular weight excluding hydrogens is 751 g/mol. The molecule has 4 nitrogen and oxygen atoms in total. The molecule has 0 heterocycles. The fourth-order valence-corrected chi connectivity index (χ4v) is 5.26. The molecule has 0 fully saturated rings. The van der Waals surface area contributed by atoms with Crippen molar-refractivity contribution in [1.82, 2.24) is 0 Å². The summed E-state index contributed by atoms with van der Waals surface area (Å²) in [6.45, 7) is 10.2. The predicted octanol–water partition coefficient (Wildman–Crippen LogP) is 11.2. The molecule has 0 bridgehead atoms. The number of hydrogen-bond donors (Lipinski definition) is 0. The Morgan fingerprint density at radius 1 is 0.639 bits per heavy atom. The van der Waals surface area contributed by atoms with Gasteiger partial charge in [-0.05, 0) is 25.2 Å². The fourth-order valence-electron chi connectivity index (χ4n) is 3.93. The first-order valence-electron chi connectivity index (χ1n) is 14.8. The summed E-state index contributed by atoms with van der Waals surface area (Å²) in [5.74, 6) is 0.594. The van der Waals surface area contributed by atoms with Gasteiger partial charge in [0.25, 0.3) is 0 Å². The van der Waals surface area contributed by atoms with E-state index in [0.29, 0.717) is 19.1 Å². The zero-order chi connectivity index (χ0) is 25.5. The average molecular weight is 811 g/mol. The maximum atomic E-state index is 11.8. The topological polar surface area (TPSA) is 52.6 Å². The van der Waals surface area contributed by atoms with Gasteiger partial charge in [-0.15, -0.1) is 0 Å². The standard InChI is InChI=1S/C20H43O2P.C8H17O2P.2Nd/c1-3-5-7-9-11-13-15-17-19-22-23(21)20-18-16-14-12-10-8-6-4-2;1-3-5-6-8(4-2)7-10-11-9;;/h23H,3-20H2,1-2H3;8H,3-7H2,1-2H3;;. The molecule has 0 aliphatic rings. The van der Waals surface area contributed by atoms with E-state index in [1.165, 1.54) is 109 Å². The molecule has 0 radical (unpaired) electrons. The van der Waals surface area contributed by atoms with Crippen LogP contribution in [0.5, 0.6) is 0 Å². The first-order chi connectivity index (χ1) is 16.7. The van der Waals surface area contributed by atoms with E-state index in [4.69, 9.17) is 9.05 Å². The van der Waals surface area contributed by atoms with Crippen LogP contribution in [0.1, 0.15) is 156 Å². The van der Waals surface area contributed by atoms with Gasteiger partial charge in [-0.2, -0.15) is 0 Å². The molecule has 0 aromatic carbocycles. The van der Waals surface area contributed by atoms with Crippen molar-refractivity contribution in [3.63, 3.8) is 0 Å². The zero-order valence-corrected chi connectivity index (χ0v) is 32.7. The van der Waals surface area contributed by atoms with Crippen molar-refractivity contribution in [2.24, 2.45) is 5.92 Å². The summed E-state index contributed by atoms with van der Waals surface area (Å²) in [4.78, 5) is 0. The Morgan fingerprint density at radius 3 is 1.53 bits per heavy atom. The maximum absolute atomic E-state index is 11.8. The summed E-state index contributed by atoms with van der Waals surface area (Å²) in [6.07, 6.45) is 26.5. The van der Waals surface area contributed by atoms with E-state index in [-0.39, 0.29) is 90.4 Å². The molecule has 0 N–H and O–H groups in total. The first kappa shape index (κ1) is 45.9. The second-order valence-electron chi connectivity index (χ2n) is 9.71. The van der Waals surface area contributed by atoms with Gasteiger partial charge in [0.2, 0.25) is 0 Å². The second kappa shape index (κ2) is 42.4. The van der Waals surface area contributed by atoms with Crippen LogP contribution < -0.4 is 0 Å². The van der Waals surface area contributed by atoms with E-state index in [2.05, 4.69) is 27.7 Å². The Morgan fingerprint density at radius 2 is 1.08 bits per heavy atom. The van der Waals surface area contributed by atoms with Crippen molar-refractivity contribution in [2.75, 3.05) is 19.4 Å². The smallest absolute Gasteiger partial charge is 0.327 e. The van der Waals surface area contributed by atoms with Crippen molar-refractivity contribution in [2.45, 2.75) is 156 Å². The van der Waals surface area contributed by atoms with Crippen LogP contribution in [0.4, 0.5) is 0 Å². The molecular formula is C28H60Nd2O4P2. The molecule has 0 aliphatic heterocycles. The van der Waals surface area contributed by atoms with Gasteiger partial charge in [-0.25, -0.2) is 4.57 Å². The van der Waals surface area contributed by atoms with Crippen LogP contribution in [-0.4, -0.2) is 19.4 Å². The molecule has 8 heteroatoms. The van der Waals surface area contributed by atoms with Crippen LogP contribution in [0, 0.1) is 87.6 Å². The molecule has 2 atom stereocenters. The molecule has 0 saturated carbocycles. The van der Waals surface area contributed by atoms with Crippen LogP contribution in [-0.2, 0) is 18.2 Å². The fraction of sp³-hybridized carbons (Fsp3) is 1.00. The summed E-state index contributed by atoms with van der Waals surface area (Å²) in [5, 5.41) is 0. The summed E-state index contributed by atoms with van der Waals surface area (Å²) in [6, 6.07) is 0. The van der Waals surface area contributed by atoms with E-state index in [0.717, 1.165) is 25.4 Å². The van der Waals surface area contributed by atoms with Crippen LogP contribution in [0.3, 0.4) is 0 Å². The molecule has 0 aromatic rings. The van der Waals surface area contributed by atoms with Crippen LogP contribution in [0.25, 0.3) is 0 Å². The van der Waals surface area contributed by atoms with Gasteiger partial charge in [0, 0.05) is 87.8 Å². The Hall–Kier alpha value is 2.95. The van der Waals surface area contributed by atoms with Crippen LogP contribution in [0.2, 0.25) is 0 Å². The van der Waals surface area contributed by atoms with Crippen molar-refractivity contribution in [1.29, 1.82) is 0 Å². The third kappa shape index (κ3) is 41.4. The third-order valence-corrected chi connectivity index (χ3v) is 7.94. The summed E-state index contributed by atoms with van der Waals surface area (Å²) in [7, 11) is -1.93. The predicted molar refractivity (Wildman–Crippen MR) is 152 cm³/mol. The third-order valence-electron chi connectivity index (χ3n) is 6.40. The number of hydrogen-bond acceptors (Lipinski definition) is 4. The number of rotatable bonds is 26. The van der Waals surface area contributed by atoms with Gasteiger partial charge < -0.3 is 4.52 Å². The van der Waals surface area contributed by atoms with E-state index in [9.17, 15) is 9.13 Å². The van der Waals surface area contributed by atoms with E-state index < -0.39 is 8.03 Å². The van der Waals surface area contributed by atoms with Gasteiger partial charge >= 0.3 is 8.69 Å². The number of unbranched alkanes of at least 4 members (excludes halogenated alkanes) is 15. The zero-order valence-electron chi connectivity index (χ0n) is 24.4. The Balaban J connectivity index is -0.000000335. The largest absolute Gasteiger partial charge is 0.330 e. The van der Waals surface area contributed by atoms with Gasteiger partial charge in [0.15, 0.2) is 8.03 Å². The molecule has 2 unspecified atom stereocenters. The first-order valence-corrected chi connectivity index (χ1v) is 17.0. The average Bonchev–Trinajstić information content (AvgIpc) is 2.85. The summed E-state index contributed by atoms with van der Waals surface area (Å²) >= 11 is 0. The minimum absolute atomic E-state index is 0. The van der Waals surface area contributed by atoms with Crippen molar-refractivity contribution in [3.05, 3.63) is 0 Å². The molecule has 0 aliphatic carbocycles.